The van der Waals surface area contributed by atoms with Gasteiger partial charge in [-0.05, 0) is 24.1 Å². The van der Waals surface area contributed by atoms with E-state index in [0.29, 0.717) is 18.7 Å². The minimum Gasteiger partial charge on any atom is -0.326 e. The highest BCUT2D eigenvalue weighted by atomic mass is 32.2. The molecular formula is C14H22N2O3S. The van der Waals surface area contributed by atoms with Crippen molar-refractivity contribution in [3.8, 4) is 0 Å². The quantitative estimate of drug-likeness (QED) is 0.764. The van der Waals surface area contributed by atoms with Crippen molar-refractivity contribution in [2.24, 2.45) is 5.73 Å². The molecule has 0 fully saturated rings. The van der Waals surface area contributed by atoms with Gasteiger partial charge in [-0.25, -0.2) is 8.42 Å². The number of rotatable bonds is 8. The van der Waals surface area contributed by atoms with Crippen molar-refractivity contribution in [1.82, 2.24) is 0 Å². The summed E-state index contributed by atoms with van der Waals surface area (Å²) in [6.07, 6.45) is 1.47. The Hall–Kier alpha value is -1.40. The molecule has 0 atom stereocenters. The second-order valence-electron chi connectivity index (χ2n) is 4.70. The van der Waals surface area contributed by atoms with Crippen LogP contribution in [0.2, 0.25) is 0 Å². The van der Waals surface area contributed by atoms with E-state index in [1.54, 1.807) is 12.1 Å². The number of sulfone groups is 1. The molecule has 6 heteroatoms. The van der Waals surface area contributed by atoms with Crippen LogP contribution < -0.4 is 11.1 Å². The fourth-order valence-electron chi connectivity index (χ4n) is 1.66. The third-order valence-corrected chi connectivity index (χ3v) is 4.66. The van der Waals surface area contributed by atoms with E-state index in [4.69, 9.17) is 5.73 Å². The minimum atomic E-state index is -3.12. The van der Waals surface area contributed by atoms with Crippen molar-refractivity contribution in [2.45, 2.75) is 32.7 Å². The lowest BCUT2D eigenvalue weighted by molar-refractivity contribution is -0.115. The number of nitrogens with two attached hydrogens (primary N) is 1. The molecule has 0 saturated carbocycles. The summed E-state index contributed by atoms with van der Waals surface area (Å²) in [6, 6.07) is 7.17. The zero-order valence-electron chi connectivity index (χ0n) is 11.8. The molecule has 0 aliphatic heterocycles. The van der Waals surface area contributed by atoms with Crippen LogP contribution in [0.3, 0.4) is 0 Å². The number of carbonyl (C=O) groups is 1. The number of carbonyl (C=O) groups excluding carboxylic acids is 1. The second kappa shape index (κ2) is 8.01. The highest BCUT2D eigenvalue weighted by Gasteiger charge is 2.13. The van der Waals surface area contributed by atoms with E-state index in [0.717, 1.165) is 12.0 Å². The number of hydrogen-bond acceptors (Lipinski definition) is 4. The average molecular weight is 298 g/mol. The number of unbranched alkanes of at least 4 members (excludes halogenated alkanes) is 1. The minimum absolute atomic E-state index is 0.00924. The van der Waals surface area contributed by atoms with Gasteiger partial charge in [0, 0.05) is 18.7 Å². The monoisotopic (exact) mass is 298 g/mol. The van der Waals surface area contributed by atoms with Crippen molar-refractivity contribution in [3.05, 3.63) is 29.8 Å². The molecule has 5 nitrogen and oxygen atoms in total. The van der Waals surface area contributed by atoms with E-state index in [2.05, 4.69) is 5.32 Å². The zero-order chi connectivity index (χ0) is 15.0. The van der Waals surface area contributed by atoms with Gasteiger partial charge in [-0.3, -0.25) is 4.79 Å². The van der Waals surface area contributed by atoms with E-state index in [1.165, 1.54) is 0 Å². The highest BCUT2D eigenvalue weighted by molar-refractivity contribution is 7.91. The topological polar surface area (TPSA) is 89.3 Å². The summed E-state index contributed by atoms with van der Waals surface area (Å²) in [5.74, 6) is -0.229. The molecule has 112 valence electrons. The molecule has 1 aromatic carbocycles. The Kier molecular flexibility index (Phi) is 6.67. The molecule has 0 aliphatic rings. The first-order valence-corrected chi connectivity index (χ1v) is 8.58. The normalized spacial score (nSPS) is 11.3. The van der Waals surface area contributed by atoms with Crippen LogP contribution in [-0.4, -0.2) is 25.8 Å². The Morgan fingerprint density at radius 2 is 1.85 bits per heavy atom. The van der Waals surface area contributed by atoms with Crippen molar-refractivity contribution < 1.29 is 13.2 Å². The van der Waals surface area contributed by atoms with E-state index in [1.807, 2.05) is 19.1 Å². The third-order valence-electron chi connectivity index (χ3n) is 2.92. The summed E-state index contributed by atoms with van der Waals surface area (Å²) in [7, 11) is -3.12. The highest BCUT2D eigenvalue weighted by Crippen LogP contribution is 2.10. The summed E-state index contributed by atoms with van der Waals surface area (Å²) in [6.45, 7) is 2.39. The first kappa shape index (κ1) is 16.7. The standard InChI is InChI=1S/C14H22N2O3S/c1-2-3-9-20(18,19)10-8-14(17)16-13-6-4-12(11-15)5-7-13/h4-7H,2-3,8-11,15H2,1H3,(H,16,17). The summed E-state index contributed by atoms with van der Waals surface area (Å²) >= 11 is 0. The predicted octanol–water partition coefficient (Wildman–Crippen LogP) is 1.69. The molecule has 0 unspecified atom stereocenters. The van der Waals surface area contributed by atoms with E-state index >= 15 is 0 Å². The molecule has 0 aliphatic carbocycles. The molecule has 0 aromatic heterocycles. The van der Waals surface area contributed by atoms with Crippen LogP contribution >= 0.6 is 0 Å². The SMILES string of the molecule is CCCCS(=O)(=O)CCC(=O)Nc1ccc(CN)cc1. The summed E-state index contributed by atoms with van der Waals surface area (Å²) < 4.78 is 23.3. The molecule has 1 aromatic rings. The van der Waals surface area contributed by atoms with Crippen LogP contribution in [0.1, 0.15) is 31.7 Å². The van der Waals surface area contributed by atoms with Gasteiger partial charge in [0.15, 0.2) is 9.84 Å². The summed E-state index contributed by atoms with van der Waals surface area (Å²) in [4.78, 5) is 11.7. The van der Waals surface area contributed by atoms with Crippen molar-refractivity contribution >= 4 is 21.4 Å². The molecular weight excluding hydrogens is 276 g/mol. The molecule has 20 heavy (non-hydrogen) atoms. The van der Waals surface area contributed by atoms with Crippen LogP contribution in [0.25, 0.3) is 0 Å². The molecule has 0 spiro atoms. The number of hydrogen-bond donors (Lipinski definition) is 2. The van der Waals surface area contributed by atoms with Crippen molar-refractivity contribution in [1.29, 1.82) is 0 Å². The van der Waals surface area contributed by atoms with Gasteiger partial charge < -0.3 is 11.1 Å². The Labute approximate surface area is 120 Å². The molecule has 0 saturated heterocycles. The maximum absolute atomic E-state index is 11.7. The third kappa shape index (κ3) is 6.16. The lowest BCUT2D eigenvalue weighted by atomic mass is 10.2. The zero-order valence-corrected chi connectivity index (χ0v) is 12.6. The first-order chi connectivity index (χ1) is 9.46. The maximum Gasteiger partial charge on any atom is 0.225 e. The van der Waals surface area contributed by atoms with Gasteiger partial charge in [0.25, 0.3) is 0 Å². The Morgan fingerprint density at radius 3 is 2.40 bits per heavy atom. The van der Waals surface area contributed by atoms with Gasteiger partial charge in [0.05, 0.1) is 11.5 Å². The number of anilines is 1. The molecule has 3 N–H and O–H groups in total. The lowest BCUT2D eigenvalue weighted by Gasteiger charge is -2.06. The summed E-state index contributed by atoms with van der Waals surface area (Å²) in [5.41, 5.74) is 7.11. The van der Waals surface area contributed by atoms with Crippen molar-refractivity contribution in [2.75, 3.05) is 16.8 Å². The van der Waals surface area contributed by atoms with Crippen LogP contribution in [-0.2, 0) is 21.2 Å². The van der Waals surface area contributed by atoms with Crippen molar-refractivity contribution in [3.63, 3.8) is 0 Å². The molecule has 0 radical (unpaired) electrons. The van der Waals surface area contributed by atoms with Crippen LogP contribution in [0.5, 0.6) is 0 Å². The largest absolute Gasteiger partial charge is 0.326 e. The smallest absolute Gasteiger partial charge is 0.225 e. The number of nitrogens with one attached hydrogen (secondary N) is 1. The van der Waals surface area contributed by atoms with E-state index in [-0.39, 0.29) is 23.8 Å². The van der Waals surface area contributed by atoms with Crippen LogP contribution in [0.15, 0.2) is 24.3 Å². The second-order valence-corrected chi connectivity index (χ2v) is 7.01. The summed E-state index contributed by atoms with van der Waals surface area (Å²) in [5, 5.41) is 2.68. The lowest BCUT2D eigenvalue weighted by Crippen LogP contribution is -2.19. The number of benzene rings is 1. The van der Waals surface area contributed by atoms with Crippen LogP contribution in [0.4, 0.5) is 5.69 Å². The first-order valence-electron chi connectivity index (χ1n) is 6.76. The molecule has 0 heterocycles. The molecule has 0 bridgehead atoms. The Bertz CT molecular complexity index is 524. The Morgan fingerprint density at radius 1 is 1.20 bits per heavy atom. The van der Waals surface area contributed by atoms with Crippen LogP contribution in [0, 0.1) is 0 Å². The van der Waals surface area contributed by atoms with E-state index < -0.39 is 9.84 Å². The fraction of sp³-hybridized carbons (Fsp3) is 0.500. The van der Waals surface area contributed by atoms with Gasteiger partial charge in [0.2, 0.25) is 5.91 Å². The molecule has 1 rings (SSSR count). The predicted molar refractivity (Wildman–Crippen MR) is 81.1 cm³/mol. The average Bonchev–Trinajstić information content (AvgIpc) is 2.44. The maximum atomic E-state index is 11.7. The van der Waals surface area contributed by atoms with Gasteiger partial charge in [-0.15, -0.1) is 0 Å². The van der Waals surface area contributed by atoms with E-state index in [9.17, 15) is 13.2 Å². The van der Waals surface area contributed by atoms with Gasteiger partial charge in [-0.1, -0.05) is 25.5 Å². The van der Waals surface area contributed by atoms with Gasteiger partial charge in [0.1, 0.15) is 0 Å². The van der Waals surface area contributed by atoms with Gasteiger partial charge in [-0.2, -0.15) is 0 Å². The molecule has 1 amide bonds. The number of amides is 1. The fourth-order valence-corrected chi connectivity index (χ4v) is 3.09. The Balaban J connectivity index is 2.43. The van der Waals surface area contributed by atoms with Gasteiger partial charge >= 0.3 is 0 Å².